The van der Waals surface area contributed by atoms with Crippen LogP contribution in [0.4, 0.5) is 14.6 Å². The maximum atomic E-state index is 13.4. The highest BCUT2D eigenvalue weighted by Crippen LogP contribution is 2.30. The van der Waals surface area contributed by atoms with Crippen LogP contribution < -0.4 is 5.32 Å². The molecule has 0 radical (unpaired) electrons. The molecule has 102 valence electrons. The molecule has 0 bridgehead atoms. The van der Waals surface area contributed by atoms with Crippen molar-refractivity contribution in [1.29, 1.82) is 0 Å². The van der Waals surface area contributed by atoms with E-state index in [2.05, 4.69) is 15.3 Å². The highest BCUT2D eigenvalue weighted by Gasteiger charge is 2.21. The lowest BCUT2D eigenvalue weighted by atomic mass is 10.2. The van der Waals surface area contributed by atoms with Gasteiger partial charge in [0.05, 0.1) is 11.0 Å². The Bertz CT molecular complexity index is 808. The van der Waals surface area contributed by atoms with Crippen LogP contribution in [0.25, 0.3) is 16.7 Å². The first-order valence-corrected chi connectivity index (χ1v) is 6.58. The van der Waals surface area contributed by atoms with Crippen molar-refractivity contribution in [3.63, 3.8) is 0 Å². The summed E-state index contributed by atoms with van der Waals surface area (Å²) in [6.45, 7) is 0.838. The second-order valence-corrected chi connectivity index (χ2v) is 5.16. The molecule has 2 aromatic heterocycles. The van der Waals surface area contributed by atoms with Crippen molar-refractivity contribution in [2.24, 2.45) is 5.92 Å². The van der Waals surface area contributed by atoms with Crippen LogP contribution in [0.1, 0.15) is 12.8 Å². The number of rotatable bonds is 3. The third-order valence-corrected chi connectivity index (χ3v) is 3.62. The average molecular weight is 274 g/mol. The van der Waals surface area contributed by atoms with Gasteiger partial charge in [0, 0.05) is 31.1 Å². The minimum atomic E-state index is -0.891. The monoisotopic (exact) mass is 274 g/mol. The van der Waals surface area contributed by atoms with Crippen LogP contribution in [-0.2, 0) is 0 Å². The molecule has 2 heterocycles. The summed E-state index contributed by atoms with van der Waals surface area (Å²) in [4.78, 5) is 8.62. The molecule has 0 spiro atoms. The smallest absolute Gasteiger partial charge is 0.180 e. The Morgan fingerprint density at radius 3 is 2.85 bits per heavy atom. The zero-order chi connectivity index (χ0) is 13.7. The minimum absolute atomic E-state index is 0.410. The van der Waals surface area contributed by atoms with Gasteiger partial charge >= 0.3 is 0 Å². The Morgan fingerprint density at radius 2 is 2.05 bits per heavy atom. The summed E-state index contributed by atoms with van der Waals surface area (Å²) in [6, 6.07) is 2.27. The summed E-state index contributed by atoms with van der Waals surface area (Å²) < 4.78 is 28.5. The Balaban J connectivity index is 1.92. The quantitative estimate of drug-likeness (QED) is 0.798. The van der Waals surface area contributed by atoms with Crippen molar-refractivity contribution in [2.45, 2.75) is 12.8 Å². The predicted octanol–water partition coefficient (Wildman–Crippen LogP) is 2.98. The van der Waals surface area contributed by atoms with Crippen molar-refractivity contribution in [3.8, 4) is 0 Å². The van der Waals surface area contributed by atoms with E-state index in [1.807, 2.05) is 0 Å². The number of benzene rings is 1. The second-order valence-electron chi connectivity index (χ2n) is 5.16. The topological polar surface area (TPSA) is 42.2 Å². The van der Waals surface area contributed by atoms with Crippen molar-refractivity contribution < 1.29 is 8.78 Å². The Morgan fingerprint density at radius 1 is 1.25 bits per heavy atom. The van der Waals surface area contributed by atoms with Gasteiger partial charge in [-0.15, -0.1) is 0 Å². The molecule has 1 aromatic carbocycles. The van der Waals surface area contributed by atoms with Gasteiger partial charge in [0.15, 0.2) is 23.1 Å². The number of imidazole rings is 1. The number of hydrogen-bond acceptors (Lipinski definition) is 3. The fourth-order valence-electron chi connectivity index (χ4n) is 2.33. The summed E-state index contributed by atoms with van der Waals surface area (Å²) in [5.74, 6) is -0.474. The molecule has 1 saturated carbocycles. The molecule has 0 amide bonds. The molecule has 0 saturated heterocycles. The molecule has 0 aliphatic heterocycles. The molecular formula is C14H12F2N4. The molecule has 1 N–H and O–H groups in total. The lowest BCUT2D eigenvalue weighted by Crippen LogP contribution is -2.08. The van der Waals surface area contributed by atoms with Crippen molar-refractivity contribution >= 4 is 22.5 Å². The fraction of sp³-hybridized carbons (Fsp3) is 0.286. The molecule has 6 heteroatoms. The summed E-state index contributed by atoms with van der Waals surface area (Å²) in [5.41, 5.74) is 1.55. The van der Waals surface area contributed by atoms with Crippen LogP contribution in [0.5, 0.6) is 0 Å². The number of fused-ring (bicyclic) bond motifs is 3. The van der Waals surface area contributed by atoms with Gasteiger partial charge in [-0.05, 0) is 18.8 Å². The first-order valence-electron chi connectivity index (χ1n) is 6.58. The third-order valence-electron chi connectivity index (χ3n) is 3.62. The van der Waals surface area contributed by atoms with Crippen LogP contribution in [0.3, 0.4) is 0 Å². The summed E-state index contributed by atoms with van der Waals surface area (Å²) in [7, 11) is 0. The Kier molecular flexibility index (Phi) is 2.39. The van der Waals surface area contributed by atoms with Crippen LogP contribution >= 0.6 is 0 Å². The zero-order valence-electron chi connectivity index (χ0n) is 10.6. The standard InChI is InChI=1S/C14H12F2N4/c15-9-5-11-12(6-10(9)16)20-4-3-17-14(20)13(19-11)18-7-8-1-2-8/h3-6,8H,1-2,7H2,(H,18,19). The lowest BCUT2D eigenvalue weighted by Gasteiger charge is -2.09. The van der Waals surface area contributed by atoms with Crippen LogP contribution in [-0.4, -0.2) is 20.9 Å². The highest BCUT2D eigenvalue weighted by molar-refractivity contribution is 5.82. The predicted molar refractivity (Wildman–Crippen MR) is 71.6 cm³/mol. The second kappa shape index (κ2) is 4.13. The molecule has 4 nitrogen and oxygen atoms in total. The van der Waals surface area contributed by atoms with Gasteiger partial charge in [-0.2, -0.15) is 0 Å². The molecule has 3 aromatic rings. The molecule has 0 unspecified atom stereocenters. The van der Waals surface area contributed by atoms with E-state index in [4.69, 9.17) is 0 Å². The molecule has 1 fully saturated rings. The lowest BCUT2D eigenvalue weighted by molar-refractivity contribution is 0.510. The number of hydrogen-bond donors (Lipinski definition) is 1. The normalized spacial score (nSPS) is 15.1. The van der Waals surface area contributed by atoms with E-state index < -0.39 is 11.6 Å². The van der Waals surface area contributed by atoms with Gasteiger partial charge in [0.25, 0.3) is 0 Å². The van der Waals surface area contributed by atoms with E-state index in [9.17, 15) is 8.78 Å². The number of nitrogens with one attached hydrogen (secondary N) is 1. The van der Waals surface area contributed by atoms with Gasteiger partial charge in [0.2, 0.25) is 0 Å². The highest BCUT2D eigenvalue weighted by atomic mass is 19.2. The van der Waals surface area contributed by atoms with E-state index >= 15 is 0 Å². The molecule has 1 aliphatic carbocycles. The SMILES string of the molecule is Fc1cc2nc(NCC3CC3)c3nccn3c2cc1F. The van der Waals surface area contributed by atoms with Crippen molar-refractivity contribution in [1.82, 2.24) is 14.4 Å². The minimum Gasteiger partial charge on any atom is -0.367 e. The molecular weight excluding hydrogens is 262 g/mol. The first kappa shape index (κ1) is 11.6. The van der Waals surface area contributed by atoms with Gasteiger partial charge in [-0.3, -0.25) is 4.40 Å². The van der Waals surface area contributed by atoms with Gasteiger partial charge in [-0.25, -0.2) is 18.7 Å². The van der Waals surface area contributed by atoms with E-state index in [1.54, 1.807) is 16.8 Å². The summed E-state index contributed by atoms with van der Waals surface area (Å²) in [5, 5.41) is 3.25. The van der Waals surface area contributed by atoms with Gasteiger partial charge in [-0.1, -0.05) is 0 Å². The van der Waals surface area contributed by atoms with Crippen LogP contribution in [0, 0.1) is 17.6 Å². The van der Waals surface area contributed by atoms with E-state index in [1.165, 1.54) is 12.8 Å². The number of aromatic nitrogens is 3. The summed E-state index contributed by atoms with van der Waals surface area (Å²) >= 11 is 0. The third kappa shape index (κ3) is 1.79. The zero-order valence-corrected chi connectivity index (χ0v) is 10.6. The maximum Gasteiger partial charge on any atom is 0.180 e. The molecule has 4 rings (SSSR count). The number of nitrogens with zero attached hydrogens (tertiary/aromatic N) is 3. The van der Waals surface area contributed by atoms with E-state index in [0.717, 1.165) is 18.7 Å². The molecule has 1 aliphatic rings. The fourth-order valence-corrected chi connectivity index (χ4v) is 2.33. The van der Waals surface area contributed by atoms with Crippen molar-refractivity contribution in [2.75, 3.05) is 11.9 Å². The van der Waals surface area contributed by atoms with Crippen LogP contribution in [0.15, 0.2) is 24.5 Å². The van der Waals surface area contributed by atoms with Gasteiger partial charge in [0.1, 0.15) is 0 Å². The van der Waals surface area contributed by atoms with E-state index in [-0.39, 0.29) is 0 Å². The van der Waals surface area contributed by atoms with Crippen LogP contribution in [0.2, 0.25) is 0 Å². The Hall–Kier alpha value is -2.24. The largest absolute Gasteiger partial charge is 0.367 e. The Labute approximate surface area is 113 Å². The first-order chi connectivity index (χ1) is 9.72. The average Bonchev–Trinajstić information content (AvgIpc) is 3.12. The number of halogens is 2. The van der Waals surface area contributed by atoms with Crippen molar-refractivity contribution in [3.05, 3.63) is 36.2 Å². The number of anilines is 1. The van der Waals surface area contributed by atoms with E-state index in [0.29, 0.717) is 28.4 Å². The summed E-state index contributed by atoms with van der Waals surface area (Å²) in [6.07, 6.45) is 5.80. The maximum absolute atomic E-state index is 13.4. The van der Waals surface area contributed by atoms with Gasteiger partial charge < -0.3 is 5.32 Å². The molecule has 20 heavy (non-hydrogen) atoms. The molecule has 0 atom stereocenters.